The molecular formula is C40H57ClFN3O9S. The molecule has 6 atom stereocenters. The van der Waals surface area contributed by atoms with Crippen LogP contribution in [0.15, 0.2) is 48.3 Å². The fraction of sp³-hybridized carbons (Fsp3) is 0.625. The first-order chi connectivity index (χ1) is 26.2. The molecule has 2 aromatic rings. The summed E-state index contributed by atoms with van der Waals surface area (Å²) in [6.07, 6.45) is 3.99. The van der Waals surface area contributed by atoms with Crippen LogP contribution in [0.5, 0.6) is 5.75 Å². The lowest BCUT2D eigenvalue weighted by Crippen LogP contribution is -2.58. The van der Waals surface area contributed by atoms with Crippen LogP contribution in [0.3, 0.4) is 0 Å². The molecule has 1 spiro atoms. The molecule has 15 heteroatoms. The summed E-state index contributed by atoms with van der Waals surface area (Å²) in [6, 6.07) is 10.9. The molecule has 0 saturated carbocycles. The highest BCUT2D eigenvalue weighted by Crippen LogP contribution is 2.46. The van der Waals surface area contributed by atoms with Gasteiger partial charge in [-0.05, 0) is 92.5 Å². The number of rotatable bonds is 18. The van der Waals surface area contributed by atoms with Crippen molar-refractivity contribution in [3.8, 4) is 5.75 Å². The van der Waals surface area contributed by atoms with Crippen LogP contribution >= 0.6 is 11.6 Å². The van der Waals surface area contributed by atoms with Crippen LogP contribution in [-0.2, 0) is 40.8 Å². The lowest BCUT2D eigenvalue weighted by atomic mass is 9.70. The highest BCUT2D eigenvalue weighted by Gasteiger charge is 2.52. The Hall–Kier alpha value is -2.82. The summed E-state index contributed by atoms with van der Waals surface area (Å²) in [4.78, 5) is 16.5. The van der Waals surface area contributed by atoms with Crippen molar-refractivity contribution in [3.63, 3.8) is 0 Å². The first-order valence-electron chi connectivity index (χ1n) is 19.0. The zero-order valence-corrected chi connectivity index (χ0v) is 34.2. The Labute approximate surface area is 330 Å². The van der Waals surface area contributed by atoms with E-state index in [0.717, 1.165) is 24.8 Å². The number of benzene rings is 2. The lowest BCUT2D eigenvalue weighted by molar-refractivity contribution is -0.124. The molecule has 1 unspecified atom stereocenters. The van der Waals surface area contributed by atoms with Crippen molar-refractivity contribution < 1.29 is 46.4 Å². The largest absolute Gasteiger partial charge is 0.490 e. The maximum absolute atomic E-state index is 17.3. The average molecular weight is 810 g/mol. The van der Waals surface area contributed by atoms with E-state index in [0.29, 0.717) is 75.5 Å². The van der Waals surface area contributed by atoms with Gasteiger partial charge in [0.1, 0.15) is 11.6 Å². The number of sulfonamides is 1. The summed E-state index contributed by atoms with van der Waals surface area (Å²) in [6.45, 7) is 6.71. The molecule has 55 heavy (non-hydrogen) atoms. The maximum atomic E-state index is 17.3. The zero-order valence-electron chi connectivity index (χ0n) is 32.6. The molecule has 0 aromatic heterocycles. The van der Waals surface area contributed by atoms with E-state index in [-0.39, 0.29) is 24.4 Å². The number of allylic oxidation sites excluding steroid dienone is 1. The Morgan fingerprint density at radius 1 is 1.18 bits per heavy atom. The van der Waals surface area contributed by atoms with E-state index in [2.05, 4.69) is 11.0 Å². The third-order valence-corrected chi connectivity index (χ3v) is 13.6. The minimum Gasteiger partial charge on any atom is -0.490 e. The van der Waals surface area contributed by atoms with E-state index in [9.17, 15) is 18.3 Å². The second kappa shape index (κ2) is 18.6. The second-order valence-corrected chi connectivity index (χ2v) is 17.7. The molecule has 306 valence electrons. The van der Waals surface area contributed by atoms with Gasteiger partial charge in [0.2, 0.25) is 10.0 Å². The quantitative estimate of drug-likeness (QED) is 0.198. The molecule has 3 N–H and O–H groups in total. The van der Waals surface area contributed by atoms with E-state index in [1.165, 1.54) is 25.7 Å². The van der Waals surface area contributed by atoms with Crippen LogP contribution < -0.4 is 14.8 Å². The standard InChI is InChI=1S/C40H57ClFN3O9S/c1-27(28(2)55(43,48)49)8-13-36(42)40(52-5,25-44(16-19-50-3)17-20-51-4)37-31(14-18-53-37)23-45-24-39(15-6-7-29-21-32(41)10-11-33(29)39)26-54-35-12-9-30(38(46)47)22-34(35)45/h9-13,21-22,27-28,31,37H,6-8,14-20,23-26H2,1-5H3,(H,46,47)(H2,43,48,49)/b36-13-/t27-,28+,31-,37+,39-,40?/m0/s1. The van der Waals surface area contributed by atoms with Crippen LogP contribution in [-0.4, -0.2) is 122 Å². The van der Waals surface area contributed by atoms with Crippen molar-refractivity contribution in [2.75, 3.05) is 85.4 Å². The van der Waals surface area contributed by atoms with Crippen LogP contribution in [0.2, 0.25) is 5.02 Å². The number of ether oxygens (including phenoxy) is 5. The number of methoxy groups -OCH3 is 3. The van der Waals surface area contributed by atoms with Gasteiger partial charge >= 0.3 is 5.97 Å². The molecule has 0 bridgehead atoms. The molecule has 2 aliphatic heterocycles. The zero-order chi connectivity index (χ0) is 40.0. The van der Waals surface area contributed by atoms with Gasteiger partial charge in [-0.3, -0.25) is 4.90 Å². The van der Waals surface area contributed by atoms with Crippen molar-refractivity contribution in [1.29, 1.82) is 0 Å². The first-order valence-corrected chi connectivity index (χ1v) is 21.0. The SMILES string of the molecule is COCCN(CCOC)CC(OC)(/C(F)=C/C[C@H](C)[C@@H](C)S(N)(=O)=O)[C@@H]1OCC[C@H]1CN1C[C@@]2(CCCc3cc(Cl)ccc32)COc2ccc(C(=O)O)cc21. The molecule has 12 nitrogen and oxygen atoms in total. The molecule has 2 aromatic carbocycles. The lowest BCUT2D eigenvalue weighted by Gasteiger charge is -2.44. The van der Waals surface area contributed by atoms with E-state index >= 15 is 4.39 Å². The summed E-state index contributed by atoms with van der Waals surface area (Å²) in [5.74, 6) is -1.80. The van der Waals surface area contributed by atoms with Crippen LogP contribution in [0.25, 0.3) is 0 Å². The molecule has 1 aliphatic carbocycles. The summed E-state index contributed by atoms with van der Waals surface area (Å²) in [5, 5.41) is 15.3. The van der Waals surface area contributed by atoms with E-state index in [4.69, 9.17) is 40.4 Å². The third-order valence-electron chi connectivity index (χ3n) is 11.9. The molecular weight excluding hydrogens is 753 g/mol. The van der Waals surface area contributed by atoms with Crippen molar-refractivity contribution in [2.24, 2.45) is 17.0 Å². The van der Waals surface area contributed by atoms with E-state index in [1.807, 2.05) is 17.0 Å². The summed E-state index contributed by atoms with van der Waals surface area (Å²) >= 11 is 6.46. The number of primary sulfonamides is 1. The van der Waals surface area contributed by atoms with Gasteiger partial charge in [-0.15, -0.1) is 0 Å². The van der Waals surface area contributed by atoms with Crippen molar-refractivity contribution in [2.45, 2.75) is 68.3 Å². The Bertz CT molecular complexity index is 1780. The van der Waals surface area contributed by atoms with Gasteiger partial charge in [0, 0.05) is 77.0 Å². The number of hydrogen-bond acceptors (Lipinski definition) is 10. The minimum absolute atomic E-state index is 0.0970. The Morgan fingerprint density at radius 3 is 2.56 bits per heavy atom. The monoisotopic (exact) mass is 809 g/mol. The van der Waals surface area contributed by atoms with Crippen molar-refractivity contribution >= 4 is 33.3 Å². The number of nitrogens with zero attached hydrogens (tertiary/aromatic N) is 2. The second-order valence-electron chi connectivity index (χ2n) is 15.3. The Kier molecular flexibility index (Phi) is 14.7. The van der Waals surface area contributed by atoms with Gasteiger partial charge < -0.3 is 33.7 Å². The molecule has 2 heterocycles. The van der Waals surface area contributed by atoms with Crippen LogP contribution in [0.1, 0.15) is 61.0 Å². The molecule has 1 fully saturated rings. The van der Waals surface area contributed by atoms with Gasteiger partial charge in [-0.25, -0.2) is 22.7 Å². The number of aryl methyl sites for hydroxylation is 1. The summed E-state index contributed by atoms with van der Waals surface area (Å²) < 4.78 is 71.8. The Morgan fingerprint density at radius 2 is 1.91 bits per heavy atom. The van der Waals surface area contributed by atoms with Gasteiger partial charge in [0.15, 0.2) is 5.60 Å². The number of hydrogen-bond donors (Lipinski definition) is 2. The topological polar surface area (TPSA) is 150 Å². The minimum atomic E-state index is -3.84. The smallest absolute Gasteiger partial charge is 0.335 e. The highest BCUT2D eigenvalue weighted by atomic mass is 35.5. The first kappa shape index (κ1) is 43.3. The third kappa shape index (κ3) is 9.84. The molecule has 0 radical (unpaired) electrons. The molecule has 5 rings (SSSR count). The predicted molar refractivity (Wildman–Crippen MR) is 210 cm³/mol. The van der Waals surface area contributed by atoms with E-state index < -0.39 is 50.1 Å². The van der Waals surface area contributed by atoms with Crippen LogP contribution in [0.4, 0.5) is 10.1 Å². The molecule has 1 saturated heterocycles. The van der Waals surface area contributed by atoms with Gasteiger partial charge in [0.25, 0.3) is 0 Å². The summed E-state index contributed by atoms with van der Waals surface area (Å²) in [7, 11) is 0.839. The number of carboxylic acids is 1. The van der Waals surface area contributed by atoms with E-state index in [1.54, 1.807) is 39.3 Å². The number of fused-ring (bicyclic) bond motifs is 3. The van der Waals surface area contributed by atoms with Gasteiger partial charge in [-0.2, -0.15) is 0 Å². The number of halogens is 2. The predicted octanol–water partition coefficient (Wildman–Crippen LogP) is 5.45. The Balaban J connectivity index is 1.57. The fourth-order valence-electron chi connectivity index (χ4n) is 8.47. The maximum Gasteiger partial charge on any atom is 0.335 e. The number of carboxylic acid groups (broad SMARTS) is 1. The number of nitrogens with two attached hydrogens (primary N) is 1. The van der Waals surface area contributed by atoms with Crippen molar-refractivity contribution in [3.05, 3.63) is 70.0 Å². The number of aromatic carboxylic acids is 1. The van der Waals surface area contributed by atoms with Crippen molar-refractivity contribution in [1.82, 2.24) is 4.90 Å². The number of carbonyl (C=O) groups is 1. The normalized spacial score (nSPS) is 23.8. The average Bonchev–Trinajstić information content (AvgIpc) is 3.57. The highest BCUT2D eigenvalue weighted by molar-refractivity contribution is 7.89. The van der Waals surface area contributed by atoms with Crippen LogP contribution in [0, 0.1) is 11.8 Å². The fourth-order valence-corrected chi connectivity index (χ4v) is 9.42. The van der Waals surface area contributed by atoms with Gasteiger partial charge in [-0.1, -0.05) is 24.6 Å². The summed E-state index contributed by atoms with van der Waals surface area (Å²) in [5.41, 5.74) is 1.09. The molecule has 3 aliphatic rings. The van der Waals surface area contributed by atoms with Gasteiger partial charge in [0.05, 0.1) is 42.4 Å². The molecule has 0 amide bonds. The number of anilines is 1.